The van der Waals surface area contributed by atoms with Crippen LogP contribution >= 0.6 is 0 Å². The normalized spacial score (nSPS) is 10.3. The number of aryl methyl sites for hydroxylation is 1. The van der Waals surface area contributed by atoms with Gasteiger partial charge in [0, 0.05) is 18.9 Å². The van der Waals surface area contributed by atoms with Gasteiger partial charge in [0.05, 0.1) is 12.2 Å². The summed E-state index contributed by atoms with van der Waals surface area (Å²) in [5.41, 5.74) is 1.48. The van der Waals surface area contributed by atoms with Gasteiger partial charge in [-0.1, -0.05) is 0 Å². The zero-order valence-electron chi connectivity index (χ0n) is 9.79. The summed E-state index contributed by atoms with van der Waals surface area (Å²) in [6.07, 6.45) is 1.69. The molecule has 1 aromatic carbocycles. The Bertz CT molecular complexity index is 578. The molecule has 0 unspecified atom stereocenters. The predicted molar refractivity (Wildman–Crippen MR) is 65.6 cm³/mol. The first-order chi connectivity index (χ1) is 8.58. The number of anilines is 1. The molecule has 0 spiro atoms. The molecule has 2 aromatic rings. The van der Waals surface area contributed by atoms with Crippen LogP contribution in [0.1, 0.15) is 16.1 Å². The number of nitrogens with one attached hydrogen (secondary N) is 1. The number of rotatable bonds is 4. The van der Waals surface area contributed by atoms with E-state index in [1.165, 1.54) is 12.1 Å². The van der Waals surface area contributed by atoms with Crippen LogP contribution in [0.4, 0.5) is 5.69 Å². The second kappa shape index (κ2) is 4.79. The van der Waals surface area contributed by atoms with Gasteiger partial charge >= 0.3 is 5.97 Å². The Hall–Kier alpha value is -2.50. The van der Waals surface area contributed by atoms with Crippen LogP contribution in [0.25, 0.3) is 0 Å². The van der Waals surface area contributed by atoms with Gasteiger partial charge in [-0.05, 0) is 24.3 Å². The van der Waals surface area contributed by atoms with Gasteiger partial charge in [0.2, 0.25) is 0 Å². The van der Waals surface area contributed by atoms with Gasteiger partial charge in [-0.25, -0.2) is 4.79 Å². The summed E-state index contributed by atoms with van der Waals surface area (Å²) in [6.45, 7) is 0.528. The Morgan fingerprint density at radius 3 is 2.83 bits per heavy atom. The molecule has 0 radical (unpaired) electrons. The first kappa shape index (κ1) is 12.0. The van der Waals surface area contributed by atoms with E-state index in [0.717, 1.165) is 5.69 Å². The van der Waals surface area contributed by atoms with Crippen molar-refractivity contribution in [1.29, 1.82) is 0 Å². The van der Waals surface area contributed by atoms with Crippen LogP contribution in [0.2, 0.25) is 0 Å². The highest BCUT2D eigenvalue weighted by Gasteiger charge is 2.10. The van der Waals surface area contributed by atoms with E-state index in [1.54, 1.807) is 16.9 Å². The fraction of sp³-hybridized carbons (Fsp3) is 0.167. The zero-order chi connectivity index (χ0) is 13.1. The number of aromatic hydroxyl groups is 1. The number of benzene rings is 1. The minimum Gasteiger partial charge on any atom is -0.507 e. The minimum atomic E-state index is -1.16. The van der Waals surface area contributed by atoms with Crippen molar-refractivity contribution in [3.8, 4) is 5.75 Å². The Morgan fingerprint density at radius 1 is 1.44 bits per heavy atom. The molecule has 0 aliphatic rings. The number of carbonyl (C=O) groups is 1. The van der Waals surface area contributed by atoms with E-state index in [1.807, 2.05) is 13.1 Å². The molecule has 0 fully saturated rings. The molecule has 1 aromatic heterocycles. The average molecular weight is 247 g/mol. The van der Waals surface area contributed by atoms with Crippen LogP contribution in [0.5, 0.6) is 5.75 Å². The molecule has 1 heterocycles. The Morgan fingerprint density at radius 2 is 2.22 bits per heavy atom. The van der Waals surface area contributed by atoms with Crippen LogP contribution in [0, 0.1) is 0 Å². The van der Waals surface area contributed by atoms with Crippen LogP contribution < -0.4 is 5.32 Å². The molecule has 0 aliphatic carbocycles. The van der Waals surface area contributed by atoms with Crippen LogP contribution in [-0.2, 0) is 13.6 Å². The maximum absolute atomic E-state index is 10.9. The summed E-state index contributed by atoms with van der Waals surface area (Å²) in [6, 6.07) is 6.24. The summed E-state index contributed by atoms with van der Waals surface area (Å²) in [4.78, 5) is 10.9. The molecule has 0 saturated heterocycles. The van der Waals surface area contributed by atoms with Crippen molar-refractivity contribution in [1.82, 2.24) is 9.78 Å². The molecule has 0 aliphatic heterocycles. The van der Waals surface area contributed by atoms with E-state index in [-0.39, 0.29) is 11.3 Å². The average Bonchev–Trinajstić information content (AvgIpc) is 2.73. The maximum atomic E-state index is 10.9. The van der Waals surface area contributed by atoms with Crippen molar-refractivity contribution in [2.75, 3.05) is 5.32 Å². The standard InChI is InChI=1S/C12H13N3O3/c1-15-9(4-5-14-15)7-13-8-2-3-11(16)10(6-8)12(17)18/h2-6,13,16H,7H2,1H3,(H,17,18). The molecule has 0 atom stereocenters. The molecule has 94 valence electrons. The van der Waals surface area contributed by atoms with Crippen molar-refractivity contribution in [2.24, 2.45) is 7.05 Å². The quantitative estimate of drug-likeness (QED) is 0.711. The highest BCUT2D eigenvalue weighted by atomic mass is 16.4. The fourth-order valence-electron chi connectivity index (χ4n) is 1.58. The number of carboxylic acid groups (broad SMARTS) is 1. The van der Waals surface area contributed by atoms with Crippen LogP contribution in [0.15, 0.2) is 30.5 Å². The van der Waals surface area contributed by atoms with Gasteiger partial charge < -0.3 is 15.5 Å². The highest BCUT2D eigenvalue weighted by molar-refractivity contribution is 5.91. The first-order valence-electron chi connectivity index (χ1n) is 5.35. The molecule has 0 amide bonds. The molecular formula is C12H13N3O3. The Kier molecular flexibility index (Phi) is 3.18. The zero-order valence-corrected chi connectivity index (χ0v) is 9.79. The molecule has 2 rings (SSSR count). The first-order valence-corrected chi connectivity index (χ1v) is 5.35. The number of carboxylic acids is 1. The summed E-state index contributed by atoms with van der Waals surface area (Å²) in [5.74, 6) is -1.40. The van der Waals surface area contributed by atoms with E-state index < -0.39 is 5.97 Å². The van der Waals surface area contributed by atoms with Crippen molar-refractivity contribution in [3.63, 3.8) is 0 Å². The maximum Gasteiger partial charge on any atom is 0.339 e. The summed E-state index contributed by atoms with van der Waals surface area (Å²) >= 11 is 0. The van der Waals surface area contributed by atoms with Gasteiger partial charge in [-0.15, -0.1) is 0 Å². The van der Waals surface area contributed by atoms with E-state index in [9.17, 15) is 9.90 Å². The Labute approximate surface area is 103 Å². The minimum absolute atomic E-state index is 0.120. The van der Waals surface area contributed by atoms with E-state index >= 15 is 0 Å². The lowest BCUT2D eigenvalue weighted by atomic mass is 10.2. The highest BCUT2D eigenvalue weighted by Crippen LogP contribution is 2.21. The van der Waals surface area contributed by atoms with Crippen molar-refractivity contribution in [2.45, 2.75) is 6.54 Å². The molecule has 6 nitrogen and oxygen atoms in total. The molecule has 18 heavy (non-hydrogen) atoms. The lowest BCUT2D eigenvalue weighted by Crippen LogP contribution is -2.06. The number of hydrogen-bond acceptors (Lipinski definition) is 4. The third kappa shape index (κ3) is 2.42. The van der Waals surface area contributed by atoms with Gasteiger partial charge in [-0.2, -0.15) is 5.10 Å². The topological polar surface area (TPSA) is 87.4 Å². The van der Waals surface area contributed by atoms with E-state index in [0.29, 0.717) is 12.2 Å². The Balaban J connectivity index is 2.13. The summed E-state index contributed by atoms with van der Waals surface area (Å²) < 4.78 is 1.73. The summed E-state index contributed by atoms with van der Waals surface area (Å²) in [7, 11) is 1.83. The molecular weight excluding hydrogens is 234 g/mol. The number of nitrogens with zero attached hydrogens (tertiary/aromatic N) is 2. The molecule has 3 N–H and O–H groups in total. The fourth-order valence-corrected chi connectivity index (χ4v) is 1.58. The number of hydrogen-bond donors (Lipinski definition) is 3. The third-order valence-electron chi connectivity index (χ3n) is 2.62. The van der Waals surface area contributed by atoms with E-state index in [2.05, 4.69) is 10.4 Å². The third-order valence-corrected chi connectivity index (χ3v) is 2.62. The second-order valence-electron chi connectivity index (χ2n) is 3.84. The molecule has 0 saturated carbocycles. The summed E-state index contributed by atoms with van der Waals surface area (Å²) in [5, 5.41) is 25.4. The van der Waals surface area contributed by atoms with Crippen LogP contribution in [0.3, 0.4) is 0 Å². The monoisotopic (exact) mass is 247 g/mol. The van der Waals surface area contributed by atoms with Gasteiger partial charge in [0.25, 0.3) is 0 Å². The van der Waals surface area contributed by atoms with Crippen molar-refractivity contribution >= 4 is 11.7 Å². The van der Waals surface area contributed by atoms with Gasteiger partial charge in [0.1, 0.15) is 11.3 Å². The van der Waals surface area contributed by atoms with Crippen molar-refractivity contribution in [3.05, 3.63) is 41.7 Å². The smallest absolute Gasteiger partial charge is 0.339 e. The lowest BCUT2D eigenvalue weighted by Gasteiger charge is -2.08. The largest absolute Gasteiger partial charge is 0.507 e. The van der Waals surface area contributed by atoms with Gasteiger partial charge in [0.15, 0.2) is 0 Å². The molecule has 6 heteroatoms. The predicted octanol–water partition coefficient (Wildman–Crippen LogP) is 1.44. The van der Waals surface area contributed by atoms with E-state index in [4.69, 9.17) is 5.11 Å². The SMILES string of the molecule is Cn1nccc1CNc1ccc(O)c(C(=O)O)c1. The lowest BCUT2D eigenvalue weighted by molar-refractivity contribution is 0.0694. The number of aromatic nitrogens is 2. The molecule has 0 bridgehead atoms. The second-order valence-corrected chi connectivity index (χ2v) is 3.84. The number of aromatic carboxylic acids is 1. The van der Waals surface area contributed by atoms with Gasteiger partial charge in [-0.3, -0.25) is 4.68 Å². The van der Waals surface area contributed by atoms with Crippen LogP contribution in [-0.4, -0.2) is 26.0 Å². The van der Waals surface area contributed by atoms with Crippen molar-refractivity contribution < 1.29 is 15.0 Å². The number of phenols is 1.